The van der Waals surface area contributed by atoms with Gasteiger partial charge in [-0.2, -0.15) is 11.8 Å². The molecule has 5 amide bonds. The average Bonchev–Trinajstić information content (AvgIpc) is 3.54. The molecule has 14 heteroatoms. The molecule has 0 aromatic carbocycles. The molecule has 2 aliphatic rings. The highest BCUT2D eigenvalue weighted by Crippen LogP contribution is 2.33. The summed E-state index contributed by atoms with van der Waals surface area (Å²) in [4.78, 5) is 47.0. The maximum absolute atomic E-state index is 12.0. The van der Waals surface area contributed by atoms with Crippen molar-refractivity contribution in [1.82, 2.24) is 26.6 Å². The molecule has 0 spiro atoms. The molecule has 5 N–H and O–H groups in total. The number of urea groups is 1. The van der Waals surface area contributed by atoms with Crippen LogP contribution in [0.25, 0.3) is 0 Å². The van der Waals surface area contributed by atoms with Gasteiger partial charge in [-0.25, -0.2) is 4.79 Å². The van der Waals surface area contributed by atoms with Gasteiger partial charge in [0.05, 0.1) is 38.5 Å². The second-order valence-corrected chi connectivity index (χ2v) is 11.9. The number of rotatable bonds is 27. The normalized spacial score (nSPS) is 19.0. The lowest BCUT2D eigenvalue weighted by molar-refractivity contribution is -0.123. The molecule has 248 valence electrons. The second-order valence-electron chi connectivity index (χ2n) is 10.7. The summed E-state index contributed by atoms with van der Waals surface area (Å²) in [6.07, 6.45) is 6.84. The molecule has 0 saturated carbocycles. The van der Waals surface area contributed by atoms with Crippen molar-refractivity contribution >= 4 is 35.5 Å². The van der Waals surface area contributed by atoms with E-state index in [1.807, 2.05) is 11.8 Å². The molecule has 13 nitrogen and oxygen atoms in total. The fourth-order valence-corrected chi connectivity index (χ4v) is 6.28. The van der Waals surface area contributed by atoms with Gasteiger partial charge in [-0.05, 0) is 38.5 Å². The van der Waals surface area contributed by atoms with Gasteiger partial charge in [-0.15, -0.1) is 0 Å². The Morgan fingerprint density at radius 3 is 1.77 bits per heavy atom. The molecule has 0 aromatic heterocycles. The van der Waals surface area contributed by atoms with Gasteiger partial charge in [0.15, 0.2) is 0 Å². The number of carbonyl (C=O) groups excluding carboxylic acids is 4. The van der Waals surface area contributed by atoms with E-state index in [2.05, 4.69) is 26.6 Å². The van der Waals surface area contributed by atoms with Crippen molar-refractivity contribution in [3.05, 3.63) is 0 Å². The number of ether oxygens (including phenoxy) is 4. The van der Waals surface area contributed by atoms with Crippen LogP contribution in [0.3, 0.4) is 0 Å². The Morgan fingerprint density at radius 1 is 0.698 bits per heavy atom. The van der Waals surface area contributed by atoms with E-state index < -0.39 is 0 Å². The molecule has 3 atom stereocenters. The minimum absolute atomic E-state index is 0.0389. The van der Waals surface area contributed by atoms with Gasteiger partial charge >= 0.3 is 6.03 Å². The van der Waals surface area contributed by atoms with E-state index >= 15 is 0 Å². The zero-order valence-corrected chi connectivity index (χ0v) is 26.6. The predicted molar refractivity (Wildman–Crippen MR) is 165 cm³/mol. The number of hydrogen-bond donors (Lipinski definition) is 5. The van der Waals surface area contributed by atoms with Crippen LogP contribution in [0.5, 0.6) is 0 Å². The summed E-state index contributed by atoms with van der Waals surface area (Å²) in [5, 5.41) is 15.0. The summed E-state index contributed by atoms with van der Waals surface area (Å²) in [7, 11) is 1.63. The zero-order valence-electron chi connectivity index (χ0n) is 25.8. The molecule has 0 aliphatic carbocycles. The largest absolute Gasteiger partial charge is 0.385 e. The fraction of sp³-hybridized carbons (Fsp3) is 0.862. The summed E-state index contributed by atoms with van der Waals surface area (Å²) in [5.74, 6) is 0.942. The smallest absolute Gasteiger partial charge is 0.315 e. The quantitative estimate of drug-likeness (QED) is 0.0659. The number of thioether (sulfide) groups is 1. The number of methoxy groups -OCH3 is 1. The lowest BCUT2D eigenvalue weighted by Crippen LogP contribution is -2.36. The Balaban J connectivity index is 1.24. The van der Waals surface area contributed by atoms with E-state index in [-0.39, 0.29) is 35.8 Å². The zero-order chi connectivity index (χ0) is 31.0. The average molecular weight is 632 g/mol. The van der Waals surface area contributed by atoms with Gasteiger partial charge in [-0.3, -0.25) is 14.4 Å². The van der Waals surface area contributed by atoms with Crippen molar-refractivity contribution in [1.29, 1.82) is 0 Å². The van der Waals surface area contributed by atoms with E-state index in [0.29, 0.717) is 103 Å². The molecule has 0 unspecified atom stereocenters. The van der Waals surface area contributed by atoms with Crippen LogP contribution in [0.15, 0.2) is 0 Å². The van der Waals surface area contributed by atoms with E-state index in [0.717, 1.165) is 37.9 Å². The topological polar surface area (TPSA) is 165 Å². The molecule has 0 radical (unpaired) electrons. The van der Waals surface area contributed by atoms with Gasteiger partial charge in [0.25, 0.3) is 0 Å². The minimum Gasteiger partial charge on any atom is -0.385 e. The molecule has 0 bridgehead atoms. The monoisotopic (exact) mass is 631 g/mol. The lowest BCUT2D eigenvalue weighted by Gasteiger charge is -2.16. The summed E-state index contributed by atoms with van der Waals surface area (Å²) in [6.45, 7) is 5.38. The Labute approximate surface area is 260 Å². The predicted octanol–water partition coefficient (Wildman–Crippen LogP) is 1.10. The van der Waals surface area contributed by atoms with Gasteiger partial charge < -0.3 is 45.5 Å². The Hall–Kier alpha value is -2.13. The number of carbonyl (C=O) groups is 4. The number of hydrogen-bond acceptors (Lipinski definition) is 9. The van der Waals surface area contributed by atoms with Crippen LogP contribution in [0.2, 0.25) is 0 Å². The minimum atomic E-state index is -0.0593. The van der Waals surface area contributed by atoms with Crippen molar-refractivity contribution < 1.29 is 38.1 Å². The molecular formula is C29H53N5O8S. The van der Waals surface area contributed by atoms with Crippen LogP contribution < -0.4 is 26.6 Å². The third-order valence-electron chi connectivity index (χ3n) is 7.05. The van der Waals surface area contributed by atoms with Crippen LogP contribution in [-0.4, -0.2) is 120 Å². The van der Waals surface area contributed by atoms with Crippen LogP contribution in [-0.2, 0) is 33.3 Å². The Morgan fingerprint density at radius 2 is 1.21 bits per heavy atom. The fourth-order valence-electron chi connectivity index (χ4n) is 4.74. The van der Waals surface area contributed by atoms with Gasteiger partial charge in [0, 0.05) is 76.8 Å². The number of amides is 5. The summed E-state index contributed by atoms with van der Waals surface area (Å²) >= 11 is 1.90. The Bertz CT molecular complexity index is 809. The standard InChI is InChI=1S/C29H53N5O8S/c1-39-15-5-12-30-26(36)10-4-11-27(37)32-14-7-17-41-19-21-42-20-18-40-16-6-13-31-25(35)9-3-2-8-24-28-23(22-43-24)33-29(38)34-28/h23-24,28H,2-22H2,1H3,(H,30,36)(H,31,35)(H,32,37)(H2,33,34,38)/t23-,24-,28-/m0/s1. The molecule has 2 heterocycles. The third kappa shape index (κ3) is 18.3. The maximum Gasteiger partial charge on any atom is 0.315 e. The molecular weight excluding hydrogens is 578 g/mol. The van der Waals surface area contributed by atoms with E-state index in [1.165, 1.54) is 0 Å². The van der Waals surface area contributed by atoms with Crippen molar-refractivity contribution in [2.45, 2.75) is 81.5 Å². The lowest BCUT2D eigenvalue weighted by atomic mass is 10.0. The van der Waals surface area contributed by atoms with Crippen LogP contribution in [0.4, 0.5) is 4.79 Å². The number of nitrogens with one attached hydrogen (secondary N) is 5. The van der Waals surface area contributed by atoms with Gasteiger partial charge in [0.2, 0.25) is 17.7 Å². The molecule has 2 saturated heterocycles. The second kappa shape index (κ2) is 24.2. The molecule has 2 fully saturated rings. The molecule has 2 rings (SSSR count). The number of unbranched alkanes of at least 4 members (excludes halogenated alkanes) is 1. The molecule has 0 aromatic rings. The van der Waals surface area contributed by atoms with Crippen molar-refractivity contribution in [2.24, 2.45) is 0 Å². The third-order valence-corrected chi connectivity index (χ3v) is 8.56. The van der Waals surface area contributed by atoms with E-state index in [4.69, 9.17) is 18.9 Å². The first-order chi connectivity index (χ1) is 21.0. The van der Waals surface area contributed by atoms with E-state index in [1.54, 1.807) is 7.11 Å². The van der Waals surface area contributed by atoms with E-state index in [9.17, 15) is 19.2 Å². The van der Waals surface area contributed by atoms with Crippen LogP contribution in [0, 0.1) is 0 Å². The van der Waals surface area contributed by atoms with Gasteiger partial charge in [-0.1, -0.05) is 6.42 Å². The maximum atomic E-state index is 12.0. The first-order valence-corrected chi connectivity index (χ1v) is 16.8. The summed E-state index contributed by atoms with van der Waals surface area (Å²) in [6, 6.07) is 0.416. The van der Waals surface area contributed by atoms with Crippen molar-refractivity contribution in [2.75, 3.05) is 78.7 Å². The first-order valence-electron chi connectivity index (χ1n) is 15.7. The highest BCUT2D eigenvalue weighted by atomic mass is 32.2. The van der Waals surface area contributed by atoms with Crippen molar-refractivity contribution in [3.8, 4) is 0 Å². The summed E-state index contributed by atoms with van der Waals surface area (Å²) < 4.78 is 21.5. The highest BCUT2D eigenvalue weighted by Gasteiger charge is 2.42. The van der Waals surface area contributed by atoms with Crippen molar-refractivity contribution in [3.63, 3.8) is 0 Å². The van der Waals surface area contributed by atoms with Crippen LogP contribution >= 0.6 is 11.8 Å². The highest BCUT2D eigenvalue weighted by molar-refractivity contribution is 8.00. The van der Waals surface area contributed by atoms with Crippen LogP contribution in [0.1, 0.15) is 64.2 Å². The molecule has 2 aliphatic heterocycles. The Kier molecular flexibility index (Phi) is 20.9. The summed E-state index contributed by atoms with van der Waals surface area (Å²) in [5.41, 5.74) is 0. The SMILES string of the molecule is COCCCNC(=O)CCCC(=O)NCCCOCCOCCOCCCNC(=O)CCCC[C@@H]1SC[C@@H]2NC(=O)N[C@@H]21. The number of fused-ring (bicyclic) bond motifs is 1. The van der Waals surface area contributed by atoms with Gasteiger partial charge in [0.1, 0.15) is 0 Å². The first kappa shape index (κ1) is 37.1. The molecule has 43 heavy (non-hydrogen) atoms.